The van der Waals surface area contributed by atoms with Crippen molar-refractivity contribution in [3.05, 3.63) is 71.8 Å². The molecule has 6 nitrogen and oxygen atoms in total. The van der Waals surface area contributed by atoms with Crippen LogP contribution >= 0.6 is 11.8 Å². The summed E-state index contributed by atoms with van der Waals surface area (Å²) >= 11 is 1.44. The van der Waals surface area contributed by atoms with Crippen LogP contribution in [0.2, 0.25) is 0 Å². The molecule has 1 unspecified atom stereocenters. The van der Waals surface area contributed by atoms with Gasteiger partial charge in [0.2, 0.25) is 5.91 Å². The van der Waals surface area contributed by atoms with Gasteiger partial charge in [0.25, 0.3) is 0 Å². The molecule has 156 valence electrons. The standard InChI is InChI=1S/C23H25N3O3S/c1-5-11-26-22(27)21(14-17-8-6-7-16(2)12-17)30-23(26)25-24-15-18-9-10-19(28-3)20(13-18)29-4/h5-10,12-13,15,21H,1,11,14H2,2-4H3. The lowest BCUT2D eigenvalue weighted by Gasteiger charge is -2.13. The second-order valence-electron chi connectivity index (χ2n) is 6.78. The maximum absolute atomic E-state index is 12.9. The minimum absolute atomic E-state index is 0.0291. The van der Waals surface area contributed by atoms with E-state index >= 15 is 0 Å². The van der Waals surface area contributed by atoms with Crippen LogP contribution in [0, 0.1) is 6.92 Å². The van der Waals surface area contributed by atoms with E-state index in [1.54, 1.807) is 31.4 Å². The molecule has 2 aromatic rings. The Balaban J connectivity index is 1.77. The highest BCUT2D eigenvalue weighted by atomic mass is 32.2. The number of benzene rings is 2. The van der Waals surface area contributed by atoms with Crippen LogP contribution in [0.5, 0.6) is 11.5 Å². The molecular weight excluding hydrogens is 398 g/mol. The van der Waals surface area contributed by atoms with Crippen LogP contribution < -0.4 is 9.47 Å². The Morgan fingerprint density at radius 2 is 1.97 bits per heavy atom. The zero-order valence-electron chi connectivity index (χ0n) is 17.4. The quantitative estimate of drug-likeness (QED) is 0.365. The van der Waals surface area contributed by atoms with Crippen LogP contribution in [-0.4, -0.2) is 48.2 Å². The van der Waals surface area contributed by atoms with E-state index in [9.17, 15) is 4.79 Å². The summed E-state index contributed by atoms with van der Waals surface area (Å²) < 4.78 is 10.6. The fraction of sp³-hybridized carbons (Fsp3) is 0.261. The number of carbonyl (C=O) groups excluding carboxylic acids is 1. The van der Waals surface area contributed by atoms with Gasteiger partial charge in [-0.2, -0.15) is 5.10 Å². The molecule has 1 amide bonds. The predicted molar refractivity (Wildman–Crippen MR) is 123 cm³/mol. The Morgan fingerprint density at radius 1 is 1.17 bits per heavy atom. The summed E-state index contributed by atoms with van der Waals surface area (Å²) in [5.74, 6) is 1.29. The lowest BCUT2D eigenvalue weighted by Crippen LogP contribution is -2.32. The van der Waals surface area contributed by atoms with Crippen LogP contribution in [0.1, 0.15) is 16.7 Å². The van der Waals surface area contributed by atoms with Crippen molar-refractivity contribution < 1.29 is 14.3 Å². The van der Waals surface area contributed by atoms with Crippen molar-refractivity contribution in [2.45, 2.75) is 18.6 Å². The topological polar surface area (TPSA) is 63.5 Å². The van der Waals surface area contributed by atoms with Crippen molar-refractivity contribution in [1.29, 1.82) is 0 Å². The van der Waals surface area contributed by atoms with E-state index in [1.165, 1.54) is 17.3 Å². The SMILES string of the molecule is C=CCN1C(=O)C(Cc2cccc(C)c2)SC1=NN=Cc1ccc(OC)c(OC)c1. The third-order valence-corrected chi connectivity index (χ3v) is 5.76. The molecule has 7 heteroatoms. The molecule has 0 saturated carbocycles. The number of amidine groups is 1. The number of thioether (sulfide) groups is 1. The van der Waals surface area contributed by atoms with Gasteiger partial charge in [-0.3, -0.25) is 9.69 Å². The molecule has 1 aliphatic heterocycles. The monoisotopic (exact) mass is 423 g/mol. The van der Waals surface area contributed by atoms with Gasteiger partial charge in [-0.25, -0.2) is 0 Å². The Bertz CT molecular complexity index is 987. The number of aryl methyl sites for hydroxylation is 1. The third kappa shape index (κ3) is 5.10. The number of hydrogen-bond acceptors (Lipinski definition) is 6. The van der Waals surface area contributed by atoms with E-state index in [-0.39, 0.29) is 11.2 Å². The van der Waals surface area contributed by atoms with Crippen molar-refractivity contribution in [1.82, 2.24) is 4.90 Å². The summed E-state index contributed by atoms with van der Waals surface area (Å²) in [6.07, 6.45) is 3.97. The van der Waals surface area contributed by atoms with Gasteiger partial charge < -0.3 is 9.47 Å². The number of ether oxygens (including phenoxy) is 2. The van der Waals surface area contributed by atoms with Gasteiger partial charge >= 0.3 is 0 Å². The van der Waals surface area contributed by atoms with Gasteiger partial charge in [0.15, 0.2) is 16.7 Å². The molecule has 1 aliphatic rings. The predicted octanol–water partition coefficient (Wildman–Crippen LogP) is 4.07. The van der Waals surface area contributed by atoms with Gasteiger partial charge in [-0.05, 0) is 42.7 Å². The van der Waals surface area contributed by atoms with E-state index in [1.807, 2.05) is 43.3 Å². The van der Waals surface area contributed by atoms with Gasteiger partial charge in [0.1, 0.15) is 0 Å². The molecular formula is C23H25N3O3S. The molecule has 2 aromatic carbocycles. The number of rotatable bonds is 8. The fourth-order valence-electron chi connectivity index (χ4n) is 3.14. The maximum Gasteiger partial charge on any atom is 0.242 e. The highest BCUT2D eigenvalue weighted by molar-refractivity contribution is 8.15. The van der Waals surface area contributed by atoms with E-state index in [2.05, 4.69) is 22.8 Å². The van der Waals surface area contributed by atoms with Crippen molar-refractivity contribution in [2.75, 3.05) is 20.8 Å². The average Bonchev–Trinajstić information content (AvgIpc) is 3.03. The maximum atomic E-state index is 12.9. The Morgan fingerprint density at radius 3 is 2.67 bits per heavy atom. The van der Waals surface area contributed by atoms with Gasteiger partial charge in [0, 0.05) is 6.54 Å². The van der Waals surface area contributed by atoms with Crippen LogP contribution in [0.4, 0.5) is 0 Å². The lowest BCUT2D eigenvalue weighted by atomic mass is 10.1. The first-order valence-electron chi connectivity index (χ1n) is 9.53. The molecule has 0 bridgehead atoms. The van der Waals surface area contributed by atoms with Crippen LogP contribution in [0.25, 0.3) is 0 Å². The number of hydrogen-bond donors (Lipinski definition) is 0. The number of amides is 1. The summed E-state index contributed by atoms with van der Waals surface area (Å²) in [4.78, 5) is 14.5. The molecule has 1 fully saturated rings. The van der Waals surface area contributed by atoms with Crippen molar-refractivity contribution in [2.24, 2.45) is 10.2 Å². The number of nitrogens with zero attached hydrogens (tertiary/aromatic N) is 3. The van der Waals surface area contributed by atoms with E-state index in [0.29, 0.717) is 29.6 Å². The second kappa shape index (κ2) is 10.1. The molecule has 1 heterocycles. The normalized spacial score (nSPS) is 17.7. The summed E-state index contributed by atoms with van der Waals surface area (Å²) in [5, 5.41) is 8.86. The molecule has 3 rings (SSSR count). The molecule has 0 aromatic heterocycles. The Labute approximate surface area is 181 Å². The first kappa shape index (κ1) is 21.6. The van der Waals surface area contributed by atoms with E-state index < -0.39 is 0 Å². The van der Waals surface area contributed by atoms with Gasteiger partial charge in [0.05, 0.1) is 25.7 Å². The largest absolute Gasteiger partial charge is 0.493 e. The first-order chi connectivity index (χ1) is 14.5. The fourth-order valence-corrected chi connectivity index (χ4v) is 4.29. The van der Waals surface area contributed by atoms with Gasteiger partial charge in [-0.15, -0.1) is 11.7 Å². The second-order valence-corrected chi connectivity index (χ2v) is 7.95. The highest BCUT2D eigenvalue weighted by Crippen LogP contribution is 2.30. The first-order valence-corrected chi connectivity index (χ1v) is 10.4. The molecule has 0 aliphatic carbocycles. The number of carbonyl (C=O) groups is 1. The summed E-state index contributed by atoms with van der Waals surface area (Å²) in [6.45, 7) is 6.21. The summed E-state index contributed by atoms with van der Waals surface area (Å²) in [5.41, 5.74) is 3.13. The van der Waals surface area contributed by atoms with Crippen molar-refractivity contribution >= 4 is 29.1 Å². The molecule has 0 spiro atoms. The minimum atomic E-state index is -0.221. The molecule has 0 N–H and O–H groups in total. The molecule has 30 heavy (non-hydrogen) atoms. The molecule has 0 radical (unpaired) electrons. The number of methoxy groups -OCH3 is 2. The van der Waals surface area contributed by atoms with E-state index in [4.69, 9.17) is 9.47 Å². The average molecular weight is 424 g/mol. The van der Waals surface area contributed by atoms with Crippen LogP contribution in [0.3, 0.4) is 0 Å². The minimum Gasteiger partial charge on any atom is -0.493 e. The third-order valence-electron chi connectivity index (χ3n) is 4.59. The Kier molecular flexibility index (Phi) is 7.30. The Hall–Kier alpha value is -3.06. The smallest absolute Gasteiger partial charge is 0.242 e. The zero-order chi connectivity index (χ0) is 21.5. The highest BCUT2D eigenvalue weighted by Gasteiger charge is 2.37. The van der Waals surface area contributed by atoms with Crippen LogP contribution in [-0.2, 0) is 11.2 Å². The summed E-state index contributed by atoms with van der Waals surface area (Å²) in [6, 6.07) is 13.7. The zero-order valence-corrected chi connectivity index (χ0v) is 18.2. The van der Waals surface area contributed by atoms with E-state index in [0.717, 1.165) is 11.1 Å². The molecule has 1 saturated heterocycles. The summed E-state index contributed by atoms with van der Waals surface area (Å²) in [7, 11) is 3.18. The molecule has 1 atom stereocenters. The van der Waals surface area contributed by atoms with Crippen LogP contribution in [0.15, 0.2) is 65.3 Å². The lowest BCUT2D eigenvalue weighted by molar-refractivity contribution is -0.125. The van der Waals surface area contributed by atoms with Gasteiger partial charge in [-0.1, -0.05) is 47.7 Å². The van der Waals surface area contributed by atoms with Crippen molar-refractivity contribution in [3.8, 4) is 11.5 Å². The van der Waals surface area contributed by atoms with Crippen molar-refractivity contribution in [3.63, 3.8) is 0 Å².